The fourth-order valence-corrected chi connectivity index (χ4v) is 1.68. The number of pyridine rings is 1. The molecule has 2 heterocycles. The van der Waals surface area contributed by atoms with Crippen molar-refractivity contribution < 1.29 is 0 Å². The van der Waals surface area contributed by atoms with Crippen molar-refractivity contribution in [2.45, 2.75) is 27.2 Å². The maximum absolute atomic E-state index is 4.22. The van der Waals surface area contributed by atoms with Crippen LogP contribution in [0.3, 0.4) is 0 Å². The van der Waals surface area contributed by atoms with Gasteiger partial charge in [0.1, 0.15) is 5.65 Å². The van der Waals surface area contributed by atoms with Crippen LogP contribution >= 0.6 is 0 Å². The topological polar surface area (TPSA) is 17.3 Å². The maximum atomic E-state index is 4.22. The monoisotopic (exact) mass is 188 g/mol. The molecular formula is C12H16N2. The van der Waals surface area contributed by atoms with Crippen molar-refractivity contribution >= 4 is 5.65 Å². The Kier molecular flexibility index (Phi) is 2.06. The van der Waals surface area contributed by atoms with Crippen molar-refractivity contribution in [1.82, 2.24) is 9.38 Å². The van der Waals surface area contributed by atoms with Gasteiger partial charge < -0.3 is 4.40 Å². The van der Waals surface area contributed by atoms with Gasteiger partial charge in [0.15, 0.2) is 0 Å². The average molecular weight is 188 g/mol. The Bertz CT molecular complexity index is 435. The number of hydrogen-bond acceptors (Lipinski definition) is 1. The van der Waals surface area contributed by atoms with Crippen molar-refractivity contribution in [3.8, 4) is 0 Å². The Hall–Kier alpha value is -1.31. The minimum atomic E-state index is 0.342. The Morgan fingerprint density at radius 3 is 2.79 bits per heavy atom. The molecule has 0 aliphatic carbocycles. The molecule has 2 aromatic heterocycles. The smallest absolute Gasteiger partial charge is 0.136 e. The van der Waals surface area contributed by atoms with E-state index in [4.69, 9.17) is 0 Å². The number of hydrogen-bond donors (Lipinski definition) is 0. The Balaban J connectivity index is 2.35. The second-order valence-electron chi connectivity index (χ2n) is 4.97. The lowest BCUT2D eigenvalue weighted by molar-refractivity contribution is 0.410. The minimum absolute atomic E-state index is 0.342. The quantitative estimate of drug-likeness (QED) is 0.672. The highest BCUT2D eigenvalue weighted by Crippen LogP contribution is 2.20. The summed E-state index contributed by atoms with van der Waals surface area (Å²) in [7, 11) is 0. The highest BCUT2D eigenvalue weighted by molar-refractivity contribution is 5.39. The summed E-state index contributed by atoms with van der Waals surface area (Å²) in [6, 6.07) is 4.23. The fraction of sp³-hybridized carbons (Fsp3) is 0.417. The van der Waals surface area contributed by atoms with E-state index in [1.807, 2.05) is 12.4 Å². The van der Waals surface area contributed by atoms with Gasteiger partial charge in [-0.1, -0.05) is 26.8 Å². The van der Waals surface area contributed by atoms with Crippen LogP contribution in [0, 0.1) is 5.41 Å². The van der Waals surface area contributed by atoms with E-state index in [0.717, 1.165) is 12.1 Å². The standard InChI is InChI=1S/C12H16N2/c1-12(2,3)8-10-4-5-11-13-6-7-14(11)9-10/h4-7,9H,8H2,1-3H3. The van der Waals surface area contributed by atoms with Crippen molar-refractivity contribution in [2.75, 3.05) is 0 Å². The van der Waals surface area contributed by atoms with E-state index >= 15 is 0 Å². The van der Waals surface area contributed by atoms with Crippen LogP contribution in [0.15, 0.2) is 30.7 Å². The van der Waals surface area contributed by atoms with E-state index in [1.165, 1.54) is 5.56 Å². The third-order valence-electron chi connectivity index (χ3n) is 2.18. The predicted molar refractivity (Wildman–Crippen MR) is 58.4 cm³/mol. The summed E-state index contributed by atoms with van der Waals surface area (Å²) in [5.74, 6) is 0. The van der Waals surface area contributed by atoms with Gasteiger partial charge in [-0.2, -0.15) is 0 Å². The third-order valence-corrected chi connectivity index (χ3v) is 2.18. The summed E-state index contributed by atoms with van der Waals surface area (Å²) in [5.41, 5.74) is 2.72. The summed E-state index contributed by atoms with van der Waals surface area (Å²) in [6.45, 7) is 6.77. The van der Waals surface area contributed by atoms with Crippen LogP contribution in [0.25, 0.3) is 5.65 Å². The number of imidazole rings is 1. The first-order valence-electron chi connectivity index (χ1n) is 4.96. The molecule has 0 bridgehead atoms. The summed E-state index contributed by atoms with van der Waals surface area (Å²) >= 11 is 0. The average Bonchev–Trinajstić information content (AvgIpc) is 2.47. The predicted octanol–water partition coefficient (Wildman–Crippen LogP) is 2.92. The zero-order valence-corrected chi connectivity index (χ0v) is 8.99. The van der Waals surface area contributed by atoms with E-state index in [2.05, 4.69) is 48.5 Å². The number of fused-ring (bicyclic) bond motifs is 1. The summed E-state index contributed by atoms with van der Waals surface area (Å²) in [6.07, 6.45) is 7.08. The molecule has 0 fully saturated rings. The van der Waals surface area contributed by atoms with Crippen LogP contribution in [0.4, 0.5) is 0 Å². The molecule has 74 valence electrons. The number of rotatable bonds is 1. The van der Waals surface area contributed by atoms with Crippen molar-refractivity contribution in [3.05, 3.63) is 36.3 Å². The molecule has 0 aromatic carbocycles. The molecule has 2 heteroatoms. The summed E-state index contributed by atoms with van der Waals surface area (Å²) in [5, 5.41) is 0. The van der Waals surface area contributed by atoms with Gasteiger partial charge in [-0.15, -0.1) is 0 Å². The molecule has 0 N–H and O–H groups in total. The van der Waals surface area contributed by atoms with E-state index in [9.17, 15) is 0 Å². The van der Waals surface area contributed by atoms with Crippen LogP contribution in [0.1, 0.15) is 26.3 Å². The van der Waals surface area contributed by atoms with Crippen LogP contribution in [-0.4, -0.2) is 9.38 Å². The molecular weight excluding hydrogens is 172 g/mol. The molecule has 0 atom stereocenters. The van der Waals surface area contributed by atoms with Crippen LogP contribution in [0.5, 0.6) is 0 Å². The van der Waals surface area contributed by atoms with Gasteiger partial charge in [0, 0.05) is 18.6 Å². The van der Waals surface area contributed by atoms with Gasteiger partial charge in [0.25, 0.3) is 0 Å². The van der Waals surface area contributed by atoms with E-state index < -0.39 is 0 Å². The highest BCUT2D eigenvalue weighted by atomic mass is 15.0. The lowest BCUT2D eigenvalue weighted by Crippen LogP contribution is -2.09. The van der Waals surface area contributed by atoms with Crippen LogP contribution < -0.4 is 0 Å². The molecule has 0 aliphatic rings. The van der Waals surface area contributed by atoms with Crippen molar-refractivity contribution in [3.63, 3.8) is 0 Å². The molecule has 0 radical (unpaired) electrons. The molecule has 0 saturated heterocycles. The first kappa shape index (κ1) is 9.25. The van der Waals surface area contributed by atoms with Gasteiger partial charge in [-0.3, -0.25) is 0 Å². The molecule has 2 nitrogen and oxygen atoms in total. The fourth-order valence-electron chi connectivity index (χ4n) is 1.68. The Morgan fingerprint density at radius 2 is 2.07 bits per heavy atom. The van der Waals surface area contributed by atoms with Gasteiger partial charge in [-0.05, 0) is 23.5 Å². The SMILES string of the molecule is CC(C)(C)Cc1ccc2nccn2c1. The van der Waals surface area contributed by atoms with Gasteiger partial charge in [-0.25, -0.2) is 4.98 Å². The second-order valence-corrected chi connectivity index (χ2v) is 4.97. The van der Waals surface area contributed by atoms with Gasteiger partial charge >= 0.3 is 0 Å². The second kappa shape index (κ2) is 3.12. The molecule has 0 spiro atoms. The first-order valence-corrected chi connectivity index (χ1v) is 4.96. The molecule has 2 rings (SSSR count). The largest absolute Gasteiger partial charge is 0.307 e. The minimum Gasteiger partial charge on any atom is -0.307 e. The first-order chi connectivity index (χ1) is 6.54. The van der Waals surface area contributed by atoms with Crippen molar-refractivity contribution in [2.24, 2.45) is 5.41 Å². The van der Waals surface area contributed by atoms with Crippen LogP contribution in [-0.2, 0) is 6.42 Å². The number of nitrogens with zero attached hydrogens (tertiary/aromatic N) is 2. The summed E-state index contributed by atoms with van der Waals surface area (Å²) in [4.78, 5) is 4.22. The van der Waals surface area contributed by atoms with Gasteiger partial charge in [0.2, 0.25) is 0 Å². The lowest BCUT2D eigenvalue weighted by Gasteiger charge is -2.17. The Labute approximate surface area is 84.6 Å². The molecule has 14 heavy (non-hydrogen) atoms. The summed E-state index contributed by atoms with van der Waals surface area (Å²) < 4.78 is 2.07. The maximum Gasteiger partial charge on any atom is 0.136 e. The van der Waals surface area contributed by atoms with Crippen LogP contribution in [0.2, 0.25) is 0 Å². The number of aromatic nitrogens is 2. The third kappa shape index (κ3) is 1.95. The lowest BCUT2D eigenvalue weighted by atomic mass is 9.89. The zero-order valence-electron chi connectivity index (χ0n) is 8.99. The molecule has 0 aliphatic heterocycles. The normalized spacial score (nSPS) is 12.2. The zero-order chi connectivity index (χ0) is 10.2. The van der Waals surface area contributed by atoms with Gasteiger partial charge in [0.05, 0.1) is 0 Å². The molecule has 0 unspecified atom stereocenters. The van der Waals surface area contributed by atoms with E-state index in [0.29, 0.717) is 5.41 Å². The van der Waals surface area contributed by atoms with E-state index in [1.54, 1.807) is 0 Å². The molecule has 0 amide bonds. The Morgan fingerprint density at radius 1 is 1.29 bits per heavy atom. The van der Waals surface area contributed by atoms with E-state index in [-0.39, 0.29) is 0 Å². The molecule has 0 saturated carbocycles. The highest BCUT2D eigenvalue weighted by Gasteiger charge is 2.11. The molecule has 2 aromatic rings. The van der Waals surface area contributed by atoms with Crippen molar-refractivity contribution in [1.29, 1.82) is 0 Å².